The van der Waals surface area contributed by atoms with E-state index >= 15 is 0 Å². The van der Waals surface area contributed by atoms with Gasteiger partial charge in [0, 0.05) is 0 Å². The fraction of sp³-hybridized carbons (Fsp3) is 0.435. The predicted octanol–water partition coefficient (Wildman–Crippen LogP) is 1.56. The molecular weight excluding hydrogens is 388 g/mol. The number of benzene rings is 2. The van der Waals surface area contributed by atoms with E-state index in [1.54, 1.807) is 60.7 Å². The molecule has 164 valence electrons. The van der Waals surface area contributed by atoms with Crippen LogP contribution >= 0.6 is 0 Å². The number of carbonyl (C=O) groups is 1. The van der Waals surface area contributed by atoms with Crippen LogP contribution in [0.5, 0.6) is 0 Å². The third kappa shape index (κ3) is 5.51. The Morgan fingerprint density at radius 3 is 1.40 bits per heavy atom. The van der Waals surface area contributed by atoms with Gasteiger partial charge in [-0.25, -0.2) is 0 Å². The molecule has 0 aliphatic rings. The average Bonchev–Trinajstić information content (AvgIpc) is 2.75. The third-order valence-corrected chi connectivity index (χ3v) is 4.90. The van der Waals surface area contributed by atoms with Crippen LogP contribution in [-0.4, -0.2) is 63.8 Å². The van der Waals surface area contributed by atoms with Crippen LogP contribution in [0.1, 0.15) is 37.2 Å². The zero-order valence-corrected chi connectivity index (χ0v) is 17.3. The number of hydrogen-bond donors (Lipinski definition) is 4. The van der Waals surface area contributed by atoms with Crippen molar-refractivity contribution in [3.8, 4) is 0 Å². The molecule has 2 aromatic carbocycles. The standard InChI is InChI=1S/C23H30O7/c1-22(27,19(29-15-13-24)17-9-5-3-6-10-17)21(26)23(2,28)20(30-16-14-25)18-11-7-4-8-12-18/h3-12,19-20,24-25,27-28H,13-16H2,1-2H3. The van der Waals surface area contributed by atoms with E-state index in [1.165, 1.54) is 13.8 Å². The lowest BCUT2D eigenvalue weighted by Crippen LogP contribution is -2.56. The van der Waals surface area contributed by atoms with Crippen molar-refractivity contribution in [2.75, 3.05) is 26.4 Å². The van der Waals surface area contributed by atoms with Gasteiger partial charge in [-0.15, -0.1) is 0 Å². The molecule has 4 N–H and O–H groups in total. The normalized spacial score (nSPS) is 17.5. The van der Waals surface area contributed by atoms with E-state index in [4.69, 9.17) is 9.47 Å². The smallest absolute Gasteiger partial charge is 0.201 e. The number of carbonyl (C=O) groups excluding carboxylic acids is 1. The first-order chi connectivity index (χ1) is 14.3. The van der Waals surface area contributed by atoms with Gasteiger partial charge in [-0.05, 0) is 25.0 Å². The molecule has 0 radical (unpaired) electrons. The second-order valence-electron chi connectivity index (χ2n) is 7.39. The van der Waals surface area contributed by atoms with E-state index < -0.39 is 29.2 Å². The molecule has 0 fully saturated rings. The predicted molar refractivity (Wildman–Crippen MR) is 111 cm³/mol. The highest BCUT2D eigenvalue weighted by Gasteiger charge is 2.53. The first-order valence-corrected chi connectivity index (χ1v) is 9.81. The van der Waals surface area contributed by atoms with Crippen LogP contribution in [0.4, 0.5) is 0 Å². The van der Waals surface area contributed by atoms with Crippen molar-refractivity contribution < 1.29 is 34.7 Å². The number of ketones is 1. The molecule has 0 aromatic heterocycles. The number of Topliss-reactive ketones (excluding diaryl/α,β-unsaturated/α-hetero) is 1. The minimum atomic E-state index is -2.14. The number of hydrogen-bond acceptors (Lipinski definition) is 7. The quantitative estimate of drug-likeness (QED) is 0.413. The second kappa shape index (κ2) is 10.8. The van der Waals surface area contributed by atoms with Crippen molar-refractivity contribution in [3.05, 3.63) is 71.8 Å². The molecule has 4 unspecified atom stereocenters. The lowest BCUT2D eigenvalue weighted by Gasteiger charge is -2.40. The van der Waals surface area contributed by atoms with E-state index in [0.717, 1.165) is 0 Å². The van der Waals surface area contributed by atoms with Crippen LogP contribution in [0.15, 0.2) is 60.7 Å². The van der Waals surface area contributed by atoms with Crippen LogP contribution < -0.4 is 0 Å². The molecule has 0 aliphatic carbocycles. The summed E-state index contributed by atoms with van der Waals surface area (Å²) < 4.78 is 11.2. The molecule has 7 heteroatoms. The van der Waals surface area contributed by atoms with Gasteiger partial charge in [0.15, 0.2) is 11.2 Å². The van der Waals surface area contributed by atoms with Gasteiger partial charge in [0.1, 0.15) is 12.2 Å². The molecule has 0 saturated heterocycles. The summed E-state index contributed by atoms with van der Waals surface area (Å²) in [6.07, 6.45) is -2.25. The van der Waals surface area contributed by atoms with Crippen molar-refractivity contribution in [1.29, 1.82) is 0 Å². The SMILES string of the molecule is CC(O)(C(=O)C(C)(O)C(OCCO)c1ccccc1)C(OCCO)c1ccccc1. The molecule has 0 amide bonds. The Kier molecular flexibility index (Phi) is 8.66. The van der Waals surface area contributed by atoms with Crippen molar-refractivity contribution >= 4 is 5.78 Å². The van der Waals surface area contributed by atoms with E-state index in [1.807, 2.05) is 0 Å². The fourth-order valence-electron chi connectivity index (χ4n) is 3.51. The van der Waals surface area contributed by atoms with Crippen LogP contribution in [0.25, 0.3) is 0 Å². The molecule has 4 atom stereocenters. The molecular formula is C23H30O7. The van der Waals surface area contributed by atoms with Crippen LogP contribution in [0, 0.1) is 0 Å². The fourth-order valence-corrected chi connectivity index (χ4v) is 3.51. The van der Waals surface area contributed by atoms with Crippen molar-refractivity contribution in [2.45, 2.75) is 37.3 Å². The number of aliphatic hydroxyl groups excluding tert-OH is 2. The molecule has 7 nitrogen and oxygen atoms in total. The summed E-state index contributed by atoms with van der Waals surface area (Å²) in [6.45, 7) is 1.74. The van der Waals surface area contributed by atoms with Crippen molar-refractivity contribution in [2.24, 2.45) is 0 Å². The Balaban J connectivity index is 2.42. The minimum Gasteiger partial charge on any atom is -0.394 e. The summed E-state index contributed by atoms with van der Waals surface area (Å²) in [5.74, 6) is -0.909. The zero-order chi connectivity index (χ0) is 22.2. The zero-order valence-electron chi connectivity index (χ0n) is 17.3. The lowest BCUT2D eigenvalue weighted by atomic mass is 9.77. The molecule has 0 bridgehead atoms. The molecule has 2 aromatic rings. The molecule has 0 heterocycles. The van der Waals surface area contributed by atoms with Gasteiger partial charge in [-0.3, -0.25) is 4.79 Å². The monoisotopic (exact) mass is 418 g/mol. The minimum absolute atomic E-state index is 0.103. The molecule has 30 heavy (non-hydrogen) atoms. The number of aliphatic hydroxyl groups is 4. The highest BCUT2D eigenvalue weighted by atomic mass is 16.5. The number of ether oxygens (including phenoxy) is 2. The van der Waals surface area contributed by atoms with Gasteiger partial charge in [0.2, 0.25) is 5.78 Å². The summed E-state index contributed by atoms with van der Waals surface area (Å²) in [6, 6.07) is 17.3. The Morgan fingerprint density at radius 2 is 1.10 bits per heavy atom. The van der Waals surface area contributed by atoms with Gasteiger partial charge < -0.3 is 29.9 Å². The molecule has 0 aliphatic heterocycles. The largest absolute Gasteiger partial charge is 0.394 e. The highest BCUT2D eigenvalue weighted by Crippen LogP contribution is 2.39. The van der Waals surface area contributed by atoms with Crippen molar-refractivity contribution in [1.82, 2.24) is 0 Å². The first kappa shape index (κ1) is 24.1. The van der Waals surface area contributed by atoms with E-state index in [-0.39, 0.29) is 26.4 Å². The summed E-state index contributed by atoms with van der Waals surface area (Å²) in [5.41, 5.74) is -3.24. The molecule has 0 saturated carbocycles. The molecule has 2 rings (SSSR count). The number of rotatable bonds is 12. The molecule has 0 spiro atoms. The Labute approximate surface area is 176 Å². The van der Waals surface area contributed by atoms with Gasteiger partial charge >= 0.3 is 0 Å². The highest BCUT2D eigenvalue weighted by molar-refractivity contribution is 5.95. The van der Waals surface area contributed by atoms with E-state index in [9.17, 15) is 25.2 Å². The summed E-state index contributed by atoms with van der Waals surface area (Å²) in [4.78, 5) is 13.5. The van der Waals surface area contributed by atoms with Crippen LogP contribution in [-0.2, 0) is 14.3 Å². The van der Waals surface area contributed by atoms with Gasteiger partial charge in [0.05, 0.1) is 26.4 Å². The maximum absolute atomic E-state index is 13.5. The summed E-state index contributed by atoms with van der Waals surface area (Å²) in [5, 5.41) is 40.9. The summed E-state index contributed by atoms with van der Waals surface area (Å²) in [7, 11) is 0. The Bertz CT molecular complexity index is 709. The second-order valence-corrected chi connectivity index (χ2v) is 7.39. The van der Waals surface area contributed by atoms with E-state index in [0.29, 0.717) is 11.1 Å². The first-order valence-electron chi connectivity index (χ1n) is 9.81. The Morgan fingerprint density at radius 1 is 0.767 bits per heavy atom. The van der Waals surface area contributed by atoms with Gasteiger partial charge in [-0.1, -0.05) is 60.7 Å². The third-order valence-electron chi connectivity index (χ3n) is 4.90. The van der Waals surface area contributed by atoms with Gasteiger partial charge in [0.25, 0.3) is 0 Å². The van der Waals surface area contributed by atoms with Crippen LogP contribution in [0.3, 0.4) is 0 Å². The maximum Gasteiger partial charge on any atom is 0.201 e. The summed E-state index contributed by atoms with van der Waals surface area (Å²) >= 11 is 0. The maximum atomic E-state index is 13.5. The van der Waals surface area contributed by atoms with Gasteiger partial charge in [-0.2, -0.15) is 0 Å². The van der Waals surface area contributed by atoms with Crippen molar-refractivity contribution in [3.63, 3.8) is 0 Å². The average molecular weight is 418 g/mol. The van der Waals surface area contributed by atoms with Crippen LogP contribution in [0.2, 0.25) is 0 Å². The topological polar surface area (TPSA) is 116 Å². The Hall–Kier alpha value is -2.13. The lowest BCUT2D eigenvalue weighted by molar-refractivity contribution is -0.187. The van der Waals surface area contributed by atoms with E-state index in [2.05, 4.69) is 0 Å².